The minimum Gasteiger partial charge on any atom is -0.497 e. The summed E-state index contributed by atoms with van der Waals surface area (Å²) in [5.41, 5.74) is 4.81. The molecule has 0 radical (unpaired) electrons. The Kier molecular flexibility index (Phi) is 5.49. The highest BCUT2D eigenvalue weighted by molar-refractivity contribution is 7.71. The maximum atomic E-state index is 5.55. The van der Waals surface area contributed by atoms with E-state index in [0.717, 1.165) is 18.0 Å². The quantitative estimate of drug-likeness (QED) is 0.675. The molecule has 3 rings (SSSR count). The molecule has 0 aliphatic rings. The van der Waals surface area contributed by atoms with Crippen LogP contribution in [0.25, 0.3) is 5.69 Å². The van der Waals surface area contributed by atoms with Gasteiger partial charge in [-0.2, -0.15) is 9.36 Å². The van der Waals surface area contributed by atoms with E-state index in [2.05, 4.69) is 49.5 Å². The minimum atomic E-state index is 0.579. The van der Waals surface area contributed by atoms with E-state index >= 15 is 0 Å². The summed E-state index contributed by atoms with van der Waals surface area (Å²) in [6, 6.07) is 14.2. The van der Waals surface area contributed by atoms with Crippen LogP contribution >= 0.6 is 12.2 Å². The number of quaternary nitrogens is 1. The molecule has 0 saturated carbocycles. The van der Waals surface area contributed by atoms with Crippen LogP contribution in [0.3, 0.4) is 0 Å². The van der Waals surface area contributed by atoms with Crippen molar-refractivity contribution in [2.45, 2.75) is 27.1 Å². The molecule has 3 aromatic rings. The fourth-order valence-corrected chi connectivity index (χ4v) is 3.18. The number of methoxy groups -OCH3 is 1. The van der Waals surface area contributed by atoms with E-state index in [1.807, 2.05) is 24.3 Å². The van der Waals surface area contributed by atoms with Gasteiger partial charge in [-0.15, -0.1) is 0 Å². The Labute approximate surface area is 158 Å². The molecule has 136 valence electrons. The summed E-state index contributed by atoms with van der Waals surface area (Å²) in [6.45, 7) is 5.83. The molecule has 0 fully saturated rings. The summed E-state index contributed by atoms with van der Waals surface area (Å²) >= 11 is 5.55. The number of nitrogens with one attached hydrogen (secondary N) is 1. The second-order valence-corrected chi connectivity index (χ2v) is 6.96. The third-order valence-corrected chi connectivity index (χ3v) is 4.75. The summed E-state index contributed by atoms with van der Waals surface area (Å²) in [4.78, 5) is 1.29. The highest BCUT2D eigenvalue weighted by atomic mass is 32.1. The molecular formula is C19H24N5OS+. The van der Waals surface area contributed by atoms with Crippen LogP contribution in [0.1, 0.15) is 16.7 Å². The summed E-state index contributed by atoms with van der Waals surface area (Å²) in [6.07, 6.45) is 0. The van der Waals surface area contributed by atoms with Gasteiger partial charge in [0, 0.05) is 5.56 Å². The number of ether oxygens (including phenoxy) is 1. The van der Waals surface area contributed by atoms with E-state index in [1.54, 1.807) is 16.5 Å². The summed E-state index contributed by atoms with van der Waals surface area (Å²) < 4.78 is 9.19. The standard InChI is InChI=1S/C19H23N5OS/c1-14-5-6-16(15(2)11-14)12-22(3)13-23-19(26)24(21-20-23)17-7-9-18(25-4)10-8-17/h5-11H,12-13H2,1-4H3/p+1. The predicted octanol–water partition coefficient (Wildman–Crippen LogP) is 2.10. The van der Waals surface area contributed by atoms with Crippen molar-refractivity contribution in [1.29, 1.82) is 0 Å². The SMILES string of the molecule is COc1ccc(-n2nnn(C[NH+](C)Cc3ccc(C)cc3C)c2=S)cc1. The van der Waals surface area contributed by atoms with E-state index in [9.17, 15) is 0 Å². The average molecular weight is 371 g/mol. The summed E-state index contributed by atoms with van der Waals surface area (Å²) in [7, 11) is 3.78. The first-order chi connectivity index (χ1) is 12.5. The highest BCUT2D eigenvalue weighted by Gasteiger charge is 2.12. The Morgan fingerprint density at radius 1 is 1.08 bits per heavy atom. The van der Waals surface area contributed by atoms with Crippen molar-refractivity contribution >= 4 is 12.2 Å². The lowest BCUT2D eigenvalue weighted by Crippen LogP contribution is -3.07. The van der Waals surface area contributed by atoms with E-state index in [1.165, 1.54) is 21.6 Å². The van der Waals surface area contributed by atoms with Crippen LogP contribution < -0.4 is 9.64 Å². The van der Waals surface area contributed by atoms with Gasteiger partial charge in [0.05, 0.1) is 19.8 Å². The fourth-order valence-electron chi connectivity index (χ4n) is 2.94. The average Bonchev–Trinajstić information content (AvgIpc) is 2.98. The Morgan fingerprint density at radius 2 is 1.81 bits per heavy atom. The zero-order valence-corrected chi connectivity index (χ0v) is 16.4. The smallest absolute Gasteiger partial charge is 0.225 e. The number of benzene rings is 2. The third kappa shape index (κ3) is 4.00. The van der Waals surface area contributed by atoms with Crippen LogP contribution in [0, 0.1) is 18.6 Å². The van der Waals surface area contributed by atoms with Crippen LogP contribution in [0.2, 0.25) is 0 Å². The molecule has 1 aromatic heterocycles. The molecule has 6 nitrogen and oxygen atoms in total. The number of hydrogen-bond donors (Lipinski definition) is 1. The van der Waals surface area contributed by atoms with Gasteiger partial charge in [-0.1, -0.05) is 23.8 Å². The molecule has 7 heteroatoms. The van der Waals surface area contributed by atoms with Crippen molar-refractivity contribution in [3.63, 3.8) is 0 Å². The lowest BCUT2D eigenvalue weighted by atomic mass is 10.1. The molecule has 0 bridgehead atoms. The maximum absolute atomic E-state index is 5.55. The third-order valence-electron chi connectivity index (χ3n) is 4.37. The number of nitrogens with zero attached hydrogens (tertiary/aromatic N) is 4. The Balaban J connectivity index is 1.74. The first kappa shape index (κ1) is 18.3. The zero-order chi connectivity index (χ0) is 18.7. The van der Waals surface area contributed by atoms with Crippen molar-refractivity contribution in [3.05, 3.63) is 63.9 Å². The van der Waals surface area contributed by atoms with Crippen LogP contribution in [-0.4, -0.2) is 33.9 Å². The molecule has 0 spiro atoms. The normalized spacial score (nSPS) is 12.2. The lowest BCUT2D eigenvalue weighted by molar-refractivity contribution is -0.917. The number of aromatic nitrogens is 4. The van der Waals surface area contributed by atoms with Crippen molar-refractivity contribution in [2.75, 3.05) is 14.2 Å². The topological polar surface area (TPSA) is 49.3 Å². The van der Waals surface area contributed by atoms with Crippen molar-refractivity contribution in [3.8, 4) is 11.4 Å². The van der Waals surface area contributed by atoms with Gasteiger partial charge in [0.1, 0.15) is 12.3 Å². The van der Waals surface area contributed by atoms with Gasteiger partial charge < -0.3 is 9.64 Å². The van der Waals surface area contributed by atoms with Gasteiger partial charge in [-0.05, 0) is 66.3 Å². The highest BCUT2D eigenvalue weighted by Crippen LogP contribution is 2.14. The van der Waals surface area contributed by atoms with Gasteiger partial charge in [-0.25, -0.2) is 0 Å². The van der Waals surface area contributed by atoms with E-state index in [4.69, 9.17) is 17.0 Å². The van der Waals surface area contributed by atoms with Gasteiger partial charge >= 0.3 is 0 Å². The number of rotatable bonds is 6. The van der Waals surface area contributed by atoms with Gasteiger partial charge in [-0.3, -0.25) is 0 Å². The number of hydrogen-bond acceptors (Lipinski definition) is 4. The first-order valence-electron chi connectivity index (χ1n) is 8.52. The van der Waals surface area contributed by atoms with Crippen molar-refractivity contribution < 1.29 is 9.64 Å². The molecule has 1 atom stereocenters. The summed E-state index contributed by atoms with van der Waals surface area (Å²) in [5, 5.41) is 8.43. The molecule has 0 aliphatic carbocycles. The van der Waals surface area contributed by atoms with Gasteiger partial charge in [0.2, 0.25) is 4.77 Å². The molecule has 0 aliphatic heterocycles. The molecule has 2 aromatic carbocycles. The van der Waals surface area contributed by atoms with Crippen molar-refractivity contribution in [2.24, 2.45) is 0 Å². The molecule has 26 heavy (non-hydrogen) atoms. The Bertz CT molecular complexity index is 945. The van der Waals surface area contributed by atoms with Crippen LogP contribution in [0.4, 0.5) is 0 Å². The van der Waals surface area contributed by atoms with Gasteiger partial charge in [0.25, 0.3) is 0 Å². The number of aryl methyl sites for hydroxylation is 2. The van der Waals surface area contributed by atoms with Crippen LogP contribution in [0.5, 0.6) is 5.75 Å². The second-order valence-electron chi connectivity index (χ2n) is 6.59. The molecular weight excluding hydrogens is 346 g/mol. The largest absolute Gasteiger partial charge is 0.497 e. The second kappa shape index (κ2) is 7.80. The lowest BCUT2D eigenvalue weighted by Gasteiger charge is -2.15. The summed E-state index contributed by atoms with van der Waals surface area (Å²) in [5.74, 6) is 0.797. The Hall–Kier alpha value is -2.51. The van der Waals surface area contributed by atoms with Crippen LogP contribution in [-0.2, 0) is 13.2 Å². The monoisotopic (exact) mass is 370 g/mol. The maximum Gasteiger partial charge on any atom is 0.225 e. The van der Waals surface area contributed by atoms with Crippen LogP contribution in [0.15, 0.2) is 42.5 Å². The van der Waals surface area contributed by atoms with Gasteiger partial charge in [0.15, 0.2) is 6.67 Å². The Morgan fingerprint density at radius 3 is 2.46 bits per heavy atom. The zero-order valence-electron chi connectivity index (χ0n) is 15.6. The predicted molar refractivity (Wildman–Crippen MR) is 103 cm³/mol. The molecule has 0 amide bonds. The molecule has 1 N–H and O–H groups in total. The molecule has 1 unspecified atom stereocenters. The van der Waals surface area contributed by atoms with E-state index < -0.39 is 0 Å². The molecule has 0 saturated heterocycles. The van der Waals surface area contributed by atoms with E-state index in [-0.39, 0.29) is 0 Å². The van der Waals surface area contributed by atoms with E-state index in [0.29, 0.717) is 11.4 Å². The molecule has 1 heterocycles. The fraction of sp³-hybridized carbons (Fsp3) is 0.316. The first-order valence-corrected chi connectivity index (χ1v) is 8.93. The minimum absolute atomic E-state index is 0.579. The number of tetrazole rings is 1. The van der Waals surface area contributed by atoms with Crippen molar-refractivity contribution in [1.82, 2.24) is 19.8 Å².